The smallest absolute Gasteiger partial charge is 0.0702 e. The molecule has 0 spiro atoms. The summed E-state index contributed by atoms with van der Waals surface area (Å²) in [6.45, 7) is 2.37. The fraction of sp³-hybridized carbons (Fsp3) is 0.438. The van der Waals surface area contributed by atoms with Crippen LogP contribution in [0.25, 0.3) is 10.9 Å². The molecule has 1 aromatic carbocycles. The minimum Gasteiger partial charge on any atom is -0.313 e. The third kappa shape index (κ3) is 2.13. The molecule has 1 saturated carbocycles. The van der Waals surface area contributed by atoms with E-state index in [0.717, 1.165) is 11.4 Å². The van der Waals surface area contributed by atoms with Crippen LogP contribution in [-0.4, -0.2) is 12.0 Å². The van der Waals surface area contributed by atoms with E-state index in [2.05, 4.69) is 48.5 Å². The zero-order chi connectivity index (χ0) is 12.5. The van der Waals surface area contributed by atoms with Crippen molar-refractivity contribution in [1.82, 2.24) is 10.3 Å². The Balaban J connectivity index is 1.95. The first kappa shape index (κ1) is 11.7. The van der Waals surface area contributed by atoms with Gasteiger partial charge in [0.25, 0.3) is 0 Å². The van der Waals surface area contributed by atoms with Crippen molar-refractivity contribution >= 4 is 10.9 Å². The largest absolute Gasteiger partial charge is 0.313 e. The molecule has 0 amide bonds. The fourth-order valence-corrected chi connectivity index (χ4v) is 2.91. The number of fused-ring (bicyclic) bond motifs is 1. The zero-order valence-electron chi connectivity index (χ0n) is 11.1. The molecule has 2 aromatic rings. The number of nitrogens with zero attached hydrogens (tertiary/aromatic N) is 1. The highest BCUT2D eigenvalue weighted by molar-refractivity contribution is 5.79. The van der Waals surface area contributed by atoms with Crippen LogP contribution in [0.3, 0.4) is 0 Å². The van der Waals surface area contributed by atoms with Crippen molar-refractivity contribution in [1.29, 1.82) is 0 Å². The van der Waals surface area contributed by atoms with Crippen molar-refractivity contribution in [2.75, 3.05) is 7.05 Å². The van der Waals surface area contributed by atoms with Crippen LogP contribution in [-0.2, 0) is 0 Å². The third-order valence-electron chi connectivity index (χ3n) is 4.19. The maximum absolute atomic E-state index is 4.38. The quantitative estimate of drug-likeness (QED) is 0.884. The number of benzene rings is 1. The van der Waals surface area contributed by atoms with Gasteiger partial charge in [-0.05, 0) is 55.5 Å². The van der Waals surface area contributed by atoms with Crippen LogP contribution < -0.4 is 5.32 Å². The normalized spacial score (nSPS) is 18.8. The Hall–Kier alpha value is -1.41. The summed E-state index contributed by atoms with van der Waals surface area (Å²) in [5.74, 6) is 1.62. The molecule has 2 unspecified atom stereocenters. The van der Waals surface area contributed by atoms with Gasteiger partial charge in [-0.3, -0.25) is 4.98 Å². The van der Waals surface area contributed by atoms with E-state index in [9.17, 15) is 0 Å². The van der Waals surface area contributed by atoms with Crippen LogP contribution in [0.15, 0.2) is 36.5 Å². The van der Waals surface area contributed by atoms with Gasteiger partial charge in [0.1, 0.15) is 0 Å². The van der Waals surface area contributed by atoms with Crippen molar-refractivity contribution in [2.45, 2.75) is 25.8 Å². The van der Waals surface area contributed by atoms with E-state index in [1.54, 1.807) is 0 Å². The van der Waals surface area contributed by atoms with Crippen LogP contribution in [0.5, 0.6) is 0 Å². The highest BCUT2D eigenvalue weighted by Gasteiger charge is 2.33. The Bertz CT molecular complexity index is 546. The van der Waals surface area contributed by atoms with Crippen molar-refractivity contribution in [2.24, 2.45) is 11.8 Å². The summed E-state index contributed by atoms with van der Waals surface area (Å²) in [6, 6.07) is 11.2. The van der Waals surface area contributed by atoms with E-state index in [1.165, 1.54) is 23.8 Å². The van der Waals surface area contributed by atoms with Gasteiger partial charge < -0.3 is 5.32 Å². The lowest BCUT2D eigenvalue weighted by atomic mass is 9.90. The lowest BCUT2D eigenvalue weighted by Crippen LogP contribution is -2.24. The standard InChI is InChI=1S/C16H20N2/c1-11(12-5-6-12)16(17-2)14-7-8-15-13(10-14)4-3-9-18-15/h3-4,7-12,16-17H,5-6H2,1-2H3. The first-order valence-electron chi connectivity index (χ1n) is 6.81. The number of rotatable bonds is 4. The van der Waals surface area contributed by atoms with Crippen molar-refractivity contribution in [3.8, 4) is 0 Å². The van der Waals surface area contributed by atoms with Gasteiger partial charge in [-0.1, -0.05) is 19.1 Å². The van der Waals surface area contributed by atoms with E-state index < -0.39 is 0 Å². The molecule has 0 saturated heterocycles. The molecular formula is C16H20N2. The molecule has 1 aliphatic rings. The maximum Gasteiger partial charge on any atom is 0.0702 e. The Kier molecular flexibility index (Phi) is 3.04. The van der Waals surface area contributed by atoms with E-state index >= 15 is 0 Å². The van der Waals surface area contributed by atoms with E-state index in [4.69, 9.17) is 0 Å². The number of nitrogens with one attached hydrogen (secondary N) is 1. The van der Waals surface area contributed by atoms with E-state index in [-0.39, 0.29) is 0 Å². The fourth-order valence-electron chi connectivity index (χ4n) is 2.91. The highest BCUT2D eigenvalue weighted by atomic mass is 14.9. The molecule has 94 valence electrons. The zero-order valence-corrected chi connectivity index (χ0v) is 11.1. The summed E-state index contributed by atoms with van der Waals surface area (Å²) in [6.07, 6.45) is 4.65. The molecule has 1 heterocycles. The Labute approximate surface area is 108 Å². The molecule has 18 heavy (non-hydrogen) atoms. The maximum atomic E-state index is 4.38. The number of aromatic nitrogens is 1. The minimum absolute atomic E-state index is 0.460. The van der Waals surface area contributed by atoms with Crippen molar-refractivity contribution in [3.63, 3.8) is 0 Å². The Morgan fingerprint density at radius 3 is 2.83 bits per heavy atom. The average Bonchev–Trinajstić information content (AvgIpc) is 3.23. The summed E-state index contributed by atoms with van der Waals surface area (Å²) >= 11 is 0. The van der Waals surface area contributed by atoms with Crippen LogP contribution in [0.2, 0.25) is 0 Å². The molecule has 1 aromatic heterocycles. The molecular weight excluding hydrogens is 220 g/mol. The van der Waals surface area contributed by atoms with Crippen LogP contribution in [0.4, 0.5) is 0 Å². The van der Waals surface area contributed by atoms with Gasteiger partial charge in [0.2, 0.25) is 0 Å². The van der Waals surface area contributed by atoms with Crippen LogP contribution in [0, 0.1) is 11.8 Å². The molecule has 3 rings (SSSR count). The molecule has 2 heteroatoms. The molecule has 2 nitrogen and oxygen atoms in total. The third-order valence-corrected chi connectivity index (χ3v) is 4.19. The summed E-state index contributed by atoms with van der Waals surface area (Å²) in [5.41, 5.74) is 2.47. The van der Waals surface area contributed by atoms with Gasteiger partial charge in [-0.2, -0.15) is 0 Å². The number of hydrogen-bond donors (Lipinski definition) is 1. The second-order valence-electron chi connectivity index (χ2n) is 5.42. The predicted octanol–water partition coefficient (Wildman–Crippen LogP) is 3.54. The summed E-state index contributed by atoms with van der Waals surface area (Å²) in [7, 11) is 2.07. The minimum atomic E-state index is 0.460. The monoisotopic (exact) mass is 240 g/mol. The lowest BCUT2D eigenvalue weighted by molar-refractivity contribution is 0.369. The summed E-state index contributed by atoms with van der Waals surface area (Å²) in [4.78, 5) is 4.38. The molecule has 0 aliphatic heterocycles. The molecule has 0 radical (unpaired) electrons. The lowest BCUT2D eigenvalue weighted by Gasteiger charge is -2.24. The molecule has 1 N–H and O–H groups in total. The second-order valence-corrected chi connectivity index (χ2v) is 5.42. The first-order valence-corrected chi connectivity index (χ1v) is 6.81. The highest BCUT2D eigenvalue weighted by Crippen LogP contribution is 2.42. The van der Waals surface area contributed by atoms with Gasteiger partial charge in [0.15, 0.2) is 0 Å². The summed E-state index contributed by atoms with van der Waals surface area (Å²) in [5, 5.41) is 4.72. The van der Waals surface area contributed by atoms with Gasteiger partial charge in [-0.25, -0.2) is 0 Å². The average molecular weight is 240 g/mol. The Morgan fingerprint density at radius 1 is 1.28 bits per heavy atom. The van der Waals surface area contributed by atoms with Crippen molar-refractivity contribution in [3.05, 3.63) is 42.1 Å². The predicted molar refractivity (Wildman–Crippen MR) is 75.4 cm³/mol. The molecule has 2 atom stereocenters. The number of pyridine rings is 1. The van der Waals surface area contributed by atoms with E-state index in [0.29, 0.717) is 12.0 Å². The Morgan fingerprint density at radius 2 is 2.11 bits per heavy atom. The molecule has 0 bridgehead atoms. The van der Waals surface area contributed by atoms with Gasteiger partial charge in [0.05, 0.1) is 5.52 Å². The van der Waals surface area contributed by atoms with Crippen molar-refractivity contribution < 1.29 is 0 Å². The van der Waals surface area contributed by atoms with Crippen LogP contribution >= 0.6 is 0 Å². The van der Waals surface area contributed by atoms with Gasteiger partial charge in [-0.15, -0.1) is 0 Å². The molecule has 1 fully saturated rings. The van der Waals surface area contributed by atoms with Crippen LogP contribution in [0.1, 0.15) is 31.4 Å². The first-order chi connectivity index (χ1) is 8.79. The topological polar surface area (TPSA) is 24.9 Å². The van der Waals surface area contributed by atoms with Gasteiger partial charge in [0, 0.05) is 17.6 Å². The molecule has 1 aliphatic carbocycles. The van der Waals surface area contributed by atoms with Gasteiger partial charge >= 0.3 is 0 Å². The van der Waals surface area contributed by atoms with E-state index in [1.807, 2.05) is 12.3 Å². The SMILES string of the molecule is CNC(c1ccc2ncccc2c1)C(C)C1CC1. The number of hydrogen-bond acceptors (Lipinski definition) is 2. The second kappa shape index (κ2) is 4.69. The summed E-state index contributed by atoms with van der Waals surface area (Å²) < 4.78 is 0.